The van der Waals surface area contributed by atoms with Gasteiger partial charge in [0.15, 0.2) is 5.69 Å². The van der Waals surface area contributed by atoms with E-state index in [1.54, 1.807) is 4.90 Å². The van der Waals surface area contributed by atoms with Crippen molar-refractivity contribution in [2.45, 2.75) is 19.4 Å². The minimum absolute atomic E-state index is 0.0877. The van der Waals surface area contributed by atoms with Crippen LogP contribution in [0.3, 0.4) is 0 Å². The third kappa shape index (κ3) is 2.41. The lowest BCUT2D eigenvalue weighted by Gasteiger charge is -2.33. The average molecular weight is 304 g/mol. The number of β-amino-alcohol motifs (C(OH)–C–C–N with tert-alkyl or cyclic N) is 1. The molecule has 1 aromatic heterocycles. The molecule has 1 aliphatic heterocycles. The van der Waals surface area contributed by atoms with Crippen molar-refractivity contribution in [1.82, 2.24) is 15.1 Å². The number of carbonyl (C=O) groups excluding carboxylic acids is 1. The molecule has 2 heterocycles. The summed E-state index contributed by atoms with van der Waals surface area (Å²) in [5.74, 6) is -0.168. The smallest absolute Gasteiger partial charge is 0.275 e. The zero-order valence-corrected chi connectivity index (χ0v) is 12.0. The van der Waals surface area contributed by atoms with E-state index >= 15 is 0 Å². The van der Waals surface area contributed by atoms with Crippen LogP contribution < -0.4 is 0 Å². The molecule has 0 radical (unpaired) electrons. The Balaban J connectivity index is 1.94. The van der Waals surface area contributed by atoms with Crippen LogP contribution in [0.25, 0.3) is 10.9 Å². The molecule has 116 valence electrons. The molecule has 0 spiro atoms. The van der Waals surface area contributed by atoms with Crippen LogP contribution in [0.1, 0.15) is 23.8 Å². The third-order valence-corrected chi connectivity index (χ3v) is 4.17. The van der Waals surface area contributed by atoms with Gasteiger partial charge in [-0.05, 0) is 18.4 Å². The number of hydrogen-bond acceptors (Lipinski definition) is 5. The van der Waals surface area contributed by atoms with Crippen molar-refractivity contribution in [1.29, 1.82) is 0 Å². The van der Waals surface area contributed by atoms with Gasteiger partial charge in [-0.15, -0.1) is 0 Å². The van der Waals surface area contributed by atoms with Crippen LogP contribution in [0.4, 0.5) is 5.69 Å². The molecule has 22 heavy (non-hydrogen) atoms. The van der Waals surface area contributed by atoms with Crippen LogP contribution in [-0.2, 0) is 0 Å². The highest BCUT2D eigenvalue weighted by atomic mass is 16.6. The Morgan fingerprint density at radius 1 is 1.55 bits per heavy atom. The highest BCUT2D eigenvalue weighted by Crippen LogP contribution is 2.25. The van der Waals surface area contributed by atoms with Gasteiger partial charge in [0.25, 0.3) is 11.6 Å². The van der Waals surface area contributed by atoms with Gasteiger partial charge in [-0.25, -0.2) is 0 Å². The number of rotatable bonds is 2. The van der Waals surface area contributed by atoms with Gasteiger partial charge in [0.2, 0.25) is 0 Å². The predicted octanol–water partition coefficient (Wildman–Crippen LogP) is 1.31. The summed E-state index contributed by atoms with van der Waals surface area (Å²) in [4.78, 5) is 24.5. The van der Waals surface area contributed by atoms with Crippen molar-refractivity contribution in [2.24, 2.45) is 5.92 Å². The number of aromatic nitrogens is 2. The Labute approximate surface area is 125 Å². The first-order chi connectivity index (χ1) is 10.5. The SMILES string of the molecule is CC1CCN(C(=O)c2n[nH]c3ccc([N+](=O)[O-])cc23)CC1O. The molecule has 3 rings (SSSR count). The fourth-order valence-electron chi connectivity index (χ4n) is 2.66. The summed E-state index contributed by atoms with van der Waals surface area (Å²) in [5, 5.41) is 27.9. The fourth-order valence-corrected chi connectivity index (χ4v) is 2.66. The Hall–Kier alpha value is -2.48. The maximum absolute atomic E-state index is 12.6. The summed E-state index contributed by atoms with van der Waals surface area (Å²) in [5.41, 5.74) is 0.635. The molecular formula is C14H16N4O4. The zero-order chi connectivity index (χ0) is 15.9. The van der Waals surface area contributed by atoms with E-state index in [9.17, 15) is 20.0 Å². The van der Waals surface area contributed by atoms with Crippen LogP contribution in [0.15, 0.2) is 18.2 Å². The number of fused-ring (bicyclic) bond motifs is 1. The number of nitrogens with one attached hydrogen (secondary N) is 1. The largest absolute Gasteiger partial charge is 0.391 e. The van der Waals surface area contributed by atoms with Crippen molar-refractivity contribution in [2.75, 3.05) is 13.1 Å². The van der Waals surface area contributed by atoms with Crippen molar-refractivity contribution in [3.63, 3.8) is 0 Å². The summed E-state index contributed by atoms with van der Waals surface area (Å²) in [6.45, 7) is 2.74. The van der Waals surface area contributed by atoms with E-state index in [-0.39, 0.29) is 29.8 Å². The molecule has 1 amide bonds. The first-order valence-corrected chi connectivity index (χ1v) is 7.07. The summed E-state index contributed by atoms with van der Waals surface area (Å²) >= 11 is 0. The van der Waals surface area contributed by atoms with Gasteiger partial charge in [-0.3, -0.25) is 20.0 Å². The lowest BCUT2D eigenvalue weighted by molar-refractivity contribution is -0.384. The summed E-state index contributed by atoms with van der Waals surface area (Å²) in [6, 6.07) is 4.24. The van der Waals surface area contributed by atoms with Crippen LogP contribution in [0.5, 0.6) is 0 Å². The minimum atomic E-state index is -0.558. The molecule has 2 N–H and O–H groups in total. The van der Waals surface area contributed by atoms with Crippen molar-refractivity contribution in [3.8, 4) is 0 Å². The molecular weight excluding hydrogens is 288 g/mol. The maximum Gasteiger partial charge on any atom is 0.275 e. The Morgan fingerprint density at radius 2 is 2.32 bits per heavy atom. The molecule has 0 aliphatic carbocycles. The molecule has 0 saturated carbocycles. The number of H-pyrrole nitrogens is 1. The van der Waals surface area contributed by atoms with Crippen LogP contribution in [-0.4, -0.2) is 50.2 Å². The highest BCUT2D eigenvalue weighted by molar-refractivity contribution is 6.05. The van der Waals surface area contributed by atoms with Crippen molar-refractivity contribution < 1.29 is 14.8 Å². The predicted molar refractivity (Wildman–Crippen MR) is 78.4 cm³/mol. The van der Waals surface area contributed by atoms with E-state index in [0.717, 1.165) is 6.42 Å². The fraction of sp³-hybridized carbons (Fsp3) is 0.429. The zero-order valence-electron chi connectivity index (χ0n) is 12.0. The van der Waals surface area contributed by atoms with Gasteiger partial charge < -0.3 is 10.0 Å². The molecule has 1 aromatic carbocycles. The van der Waals surface area contributed by atoms with E-state index in [0.29, 0.717) is 17.4 Å². The second-order valence-corrected chi connectivity index (χ2v) is 5.64. The molecule has 8 heteroatoms. The number of aliphatic hydroxyl groups excluding tert-OH is 1. The van der Waals surface area contributed by atoms with Gasteiger partial charge in [0, 0.05) is 30.6 Å². The normalized spacial score (nSPS) is 22.0. The maximum atomic E-state index is 12.6. The van der Waals surface area contributed by atoms with Crippen LogP contribution >= 0.6 is 0 Å². The molecule has 0 bridgehead atoms. The van der Waals surface area contributed by atoms with Crippen LogP contribution in [0, 0.1) is 16.0 Å². The Bertz CT molecular complexity index is 742. The van der Waals surface area contributed by atoms with E-state index in [4.69, 9.17) is 0 Å². The quantitative estimate of drug-likeness (QED) is 0.641. The number of aliphatic hydroxyl groups is 1. The van der Waals surface area contributed by atoms with Crippen molar-refractivity contribution >= 4 is 22.5 Å². The molecule has 1 fully saturated rings. The third-order valence-electron chi connectivity index (χ3n) is 4.17. The summed E-state index contributed by atoms with van der Waals surface area (Å²) in [6.07, 6.45) is 0.160. The average Bonchev–Trinajstić information content (AvgIpc) is 2.92. The molecule has 2 atom stereocenters. The van der Waals surface area contributed by atoms with Gasteiger partial charge in [0.05, 0.1) is 16.5 Å². The van der Waals surface area contributed by atoms with E-state index < -0.39 is 11.0 Å². The number of hydrogen-bond donors (Lipinski definition) is 2. The number of carbonyl (C=O) groups is 1. The van der Waals surface area contributed by atoms with Crippen molar-refractivity contribution in [3.05, 3.63) is 34.0 Å². The monoisotopic (exact) mass is 304 g/mol. The first-order valence-electron chi connectivity index (χ1n) is 7.07. The second-order valence-electron chi connectivity index (χ2n) is 5.64. The van der Waals surface area contributed by atoms with E-state index in [2.05, 4.69) is 10.2 Å². The first kappa shape index (κ1) is 14.5. The van der Waals surface area contributed by atoms with Crippen LogP contribution in [0.2, 0.25) is 0 Å². The lowest BCUT2D eigenvalue weighted by Crippen LogP contribution is -2.46. The highest BCUT2D eigenvalue weighted by Gasteiger charge is 2.30. The lowest BCUT2D eigenvalue weighted by atomic mass is 9.96. The summed E-state index contributed by atoms with van der Waals surface area (Å²) < 4.78 is 0. The molecule has 1 saturated heterocycles. The van der Waals surface area contributed by atoms with Gasteiger partial charge in [-0.2, -0.15) is 5.10 Å². The molecule has 8 nitrogen and oxygen atoms in total. The Kier molecular flexibility index (Phi) is 3.53. The molecule has 1 aliphatic rings. The topological polar surface area (TPSA) is 112 Å². The minimum Gasteiger partial charge on any atom is -0.391 e. The number of nitro groups is 1. The second kappa shape index (κ2) is 5.38. The number of amides is 1. The summed E-state index contributed by atoms with van der Waals surface area (Å²) in [7, 11) is 0. The molecule has 2 unspecified atom stereocenters. The number of aromatic amines is 1. The Morgan fingerprint density at radius 3 is 3.00 bits per heavy atom. The number of likely N-dealkylation sites (tertiary alicyclic amines) is 1. The number of nitrogens with zero attached hydrogens (tertiary/aromatic N) is 3. The number of piperidine rings is 1. The van der Waals surface area contributed by atoms with E-state index in [1.807, 2.05) is 6.92 Å². The number of nitro benzene ring substituents is 1. The van der Waals surface area contributed by atoms with E-state index in [1.165, 1.54) is 18.2 Å². The van der Waals surface area contributed by atoms with Gasteiger partial charge in [0.1, 0.15) is 0 Å². The standard InChI is InChI=1S/C14H16N4O4/c1-8-4-5-17(7-12(8)19)14(20)13-10-6-9(18(21)22)2-3-11(10)15-16-13/h2-3,6,8,12,19H,4-5,7H2,1H3,(H,15,16). The number of non-ortho nitro benzene ring substituents is 1. The van der Waals surface area contributed by atoms with Gasteiger partial charge in [-0.1, -0.05) is 6.92 Å². The molecule has 2 aromatic rings. The van der Waals surface area contributed by atoms with Gasteiger partial charge >= 0.3 is 0 Å². The number of benzene rings is 1.